The van der Waals surface area contributed by atoms with Crippen LogP contribution in [0.2, 0.25) is 0 Å². The number of para-hydroxylation sites is 1. The first-order valence-electron chi connectivity index (χ1n) is 7.44. The van der Waals surface area contributed by atoms with Crippen LogP contribution < -0.4 is 10.6 Å². The van der Waals surface area contributed by atoms with Gasteiger partial charge in [0.25, 0.3) is 0 Å². The lowest BCUT2D eigenvalue weighted by molar-refractivity contribution is 0.532. The van der Waals surface area contributed by atoms with Crippen LogP contribution in [-0.4, -0.2) is 6.54 Å². The summed E-state index contributed by atoms with van der Waals surface area (Å²) in [7, 11) is 0. The number of hydrogen-bond acceptors (Lipinski definition) is 2. The fourth-order valence-corrected chi connectivity index (χ4v) is 2.03. The second-order valence-corrected chi connectivity index (χ2v) is 5.30. The van der Waals surface area contributed by atoms with Crippen LogP contribution in [-0.2, 0) is 0 Å². The van der Waals surface area contributed by atoms with Crippen LogP contribution in [0.5, 0.6) is 0 Å². The predicted octanol–water partition coefficient (Wildman–Crippen LogP) is 5.28. The Balaban J connectivity index is 1.84. The molecule has 0 aromatic heterocycles. The first-order valence-corrected chi connectivity index (χ1v) is 7.44. The minimum absolute atomic E-state index is 0.793. The Morgan fingerprint density at radius 2 is 1.45 bits per heavy atom. The van der Waals surface area contributed by atoms with E-state index in [0.29, 0.717) is 0 Å². The zero-order chi connectivity index (χ0) is 14.2. The minimum Gasteiger partial charge on any atom is -0.385 e. The Hall–Kier alpha value is -1.96. The van der Waals surface area contributed by atoms with Crippen molar-refractivity contribution >= 4 is 17.1 Å². The molecular formula is C18H24N2. The fourth-order valence-electron chi connectivity index (χ4n) is 2.03. The molecule has 0 aliphatic carbocycles. The number of hydrogen-bond donors (Lipinski definition) is 2. The fraction of sp³-hybridized carbons (Fsp3) is 0.333. The second-order valence-electron chi connectivity index (χ2n) is 5.30. The summed E-state index contributed by atoms with van der Waals surface area (Å²) in [5, 5.41) is 6.86. The molecule has 2 aromatic rings. The van der Waals surface area contributed by atoms with Crippen molar-refractivity contribution in [3.05, 3.63) is 54.6 Å². The summed E-state index contributed by atoms with van der Waals surface area (Å²) in [6.45, 7) is 5.59. The Kier molecular flexibility index (Phi) is 5.48. The molecule has 0 fully saturated rings. The van der Waals surface area contributed by atoms with Crippen molar-refractivity contribution in [2.75, 3.05) is 17.2 Å². The maximum absolute atomic E-state index is 3.47. The maximum Gasteiger partial charge on any atom is 0.0385 e. The van der Waals surface area contributed by atoms with Crippen molar-refractivity contribution in [3.63, 3.8) is 0 Å². The van der Waals surface area contributed by atoms with Gasteiger partial charge in [-0.25, -0.2) is 0 Å². The van der Waals surface area contributed by atoms with Gasteiger partial charge in [0.2, 0.25) is 0 Å². The molecule has 0 aliphatic rings. The minimum atomic E-state index is 0.793. The Morgan fingerprint density at radius 1 is 0.850 bits per heavy atom. The summed E-state index contributed by atoms with van der Waals surface area (Å²) in [6.07, 6.45) is 2.47. The van der Waals surface area contributed by atoms with Gasteiger partial charge in [0.1, 0.15) is 0 Å². The van der Waals surface area contributed by atoms with Crippen LogP contribution in [0.3, 0.4) is 0 Å². The normalized spacial score (nSPS) is 11.9. The highest BCUT2D eigenvalue weighted by Crippen LogP contribution is 2.18. The topological polar surface area (TPSA) is 24.1 Å². The Morgan fingerprint density at radius 3 is 2.10 bits per heavy atom. The van der Waals surface area contributed by atoms with Gasteiger partial charge in [-0.1, -0.05) is 38.5 Å². The highest BCUT2D eigenvalue weighted by Gasteiger charge is 1.99. The van der Waals surface area contributed by atoms with E-state index in [0.717, 1.165) is 23.8 Å². The van der Waals surface area contributed by atoms with Gasteiger partial charge < -0.3 is 10.6 Å². The van der Waals surface area contributed by atoms with Crippen molar-refractivity contribution in [1.82, 2.24) is 0 Å². The molecule has 0 bridgehead atoms. The smallest absolute Gasteiger partial charge is 0.0385 e. The van der Waals surface area contributed by atoms with Gasteiger partial charge in [0, 0.05) is 23.6 Å². The third-order valence-corrected chi connectivity index (χ3v) is 3.61. The molecule has 2 N–H and O–H groups in total. The molecule has 0 radical (unpaired) electrons. The van der Waals surface area contributed by atoms with Crippen LogP contribution in [0.4, 0.5) is 17.1 Å². The highest BCUT2D eigenvalue weighted by atomic mass is 14.9. The molecule has 2 rings (SSSR count). The summed E-state index contributed by atoms with van der Waals surface area (Å²) in [5.41, 5.74) is 3.42. The Labute approximate surface area is 122 Å². The van der Waals surface area contributed by atoms with Crippen LogP contribution in [0.1, 0.15) is 26.7 Å². The van der Waals surface area contributed by atoms with E-state index in [9.17, 15) is 0 Å². The largest absolute Gasteiger partial charge is 0.385 e. The standard InChI is InChI=1S/C18H24N2/c1-3-15(2)13-14-19-16-9-11-18(12-10-16)20-17-7-5-4-6-8-17/h4-12,15,19-20H,3,13-14H2,1-2H3. The van der Waals surface area contributed by atoms with Gasteiger partial charge in [-0.3, -0.25) is 0 Å². The average molecular weight is 268 g/mol. The summed E-state index contributed by atoms with van der Waals surface area (Å²) in [6, 6.07) is 18.7. The van der Waals surface area contributed by atoms with Gasteiger partial charge in [-0.05, 0) is 48.7 Å². The summed E-state index contributed by atoms with van der Waals surface area (Å²) >= 11 is 0. The second kappa shape index (κ2) is 7.59. The van der Waals surface area contributed by atoms with E-state index in [1.54, 1.807) is 0 Å². The van der Waals surface area contributed by atoms with Crippen molar-refractivity contribution < 1.29 is 0 Å². The molecule has 0 saturated carbocycles. The molecule has 20 heavy (non-hydrogen) atoms. The van der Waals surface area contributed by atoms with E-state index in [-0.39, 0.29) is 0 Å². The van der Waals surface area contributed by atoms with Crippen LogP contribution in [0.15, 0.2) is 54.6 Å². The molecule has 106 valence electrons. The molecule has 0 spiro atoms. The molecule has 0 saturated heterocycles. The van der Waals surface area contributed by atoms with Crippen molar-refractivity contribution in [1.29, 1.82) is 0 Å². The van der Waals surface area contributed by atoms with Crippen molar-refractivity contribution in [3.8, 4) is 0 Å². The van der Waals surface area contributed by atoms with E-state index in [1.165, 1.54) is 18.5 Å². The Bertz CT molecular complexity index is 491. The highest BCUT2D eigenvalue weighted by molar-refractivity contribution is 5.62. The maximum atomic E-state index is 3.47. The molecule has 0 aliphatic heterocycles. The molecule has 2 aromatic carbocycles. The third-order valence-electron chi connectivity index (χ3n) is 3.61. The first-order chi connectivity index (χ1) is 9.78. The molecule has 2 heteroatoms. The quantitative estimate of drug-likeness (QED) is 0.714. The van der Waals surface area contributed by atoms with Crippen molar-refractivity contribution in [2.24, 2.45) is 5.92 Å². The third kappa shape index (κ3) is 4.61. The van der Waals surface area contributed by atoms with Gasteiger partial charge in [0.15, 0.2) is 0 Å². The van der Waals surface area contributed by atoms with Crippen LogP contribution >= 0.6 is 0 Å². The number of nitrogens with one attached hydrogen (secondary N) is 2. The first kappa shape index (κ1) is 14.4. The lowest BCUT2D eigenvalue weighted by atomic mass is 10.1. The number of rotatable bonds is 7. The van der Waals surface area contributed by atoms with Gasteiger partial charge in [-0.2, -0.15) is 0 Å². The van der Waals surface area contributed by atoms with E-state index >= 15 is 0 Å². The lowest BCUT2D eigenvalue weighted by Gasteiger charge is -2.11. The summed E-state index contributed by atoms with van der Waals surface area (Å²) < 4.78 is 0. The van der Waals surface area contributed by atoms with E-state index in [2.05, 4.69) is 60.9 Å². The summed E-state index contributed by atoms with van der Waals surface area (Å²) in [5.74, 6) is 0.793. The molecule has 1 unspecified atom stereocenters. The van der Waals surface area contributed by atoms with Gasteiger partial charge in [0.05, 0.1) is 0 Å². The van der Waals surface area contributed by atoms with E-state index < -0.39 is 0 Å². The summed E-state index contributed by atoms with van der Waals surface area (Å²) in [4.78, 5) is 0. The van der Waals surface area contributed by atoms with E-state index in [1.807, 2.05) is 18.2 Å². The van der Waals surface area contributed by atoms with E-state index in [4.69, 9.17) is 0 Å². The zero-order valence-electron chi connectivity index (χ0n) is 12.4. The predicted molar refractivity (Wildman–Crippen MR) is 88.7 cm³/mol. The monoisotopic (exact) mass is 268 g/mol. The average Bonchev–Trinajstić information content (AvgIpc) is 2.50. The van der Waals surface area contributed by atoms with Crippen LogP contribution in [0.25, 0.3) is 0 Å². The lowest BCUT2D eigenvalue weighted by Crippen LogP contribution is -2.06. The molecule has 0 heterocycles. The number of benzene rings is 2. The SMILES string of the molecule is CCC(C)CCNc1ccc(Nc2ccccc2)cc1. The van der Waals surface area contributed by atoms with Gasteiger partial charge in [-0.15, -0.1) is 0 Å². The number of anilines is 3. The molecule has 1 atom stereocenters. The molecule has 2 nitrogen and oxygen atoms in total. The van der Waals surface area contributed by atoms with Crippen LogP contribution in [0, 0.1) is 5.92 Å². The zero-order valence-corrected chi connectivity index (χ0v) is 12.4. The van der Waals surface area contributed by atoms with Crippen molar-refractivity contribution in [2.45, 2.75) is 26.7 Å². The molecule has 0 amide bonds. The molecular weight excluding hydrogens is 244 g/mol. The van der Waals surface area contributed by atoms with Gasteiger partial charge >= 0.3 is 0 Å².